The van der Waals surface area contributed by atoms with E-state index in [0.717, 1.165) is 5.56 Å². The zero-order valence-corrected chi connectivity index (χ0v) is 9.94. The second kappa shape index (κ2) is 4.09. The summed E-state index contributed by atoms with van der Waals surface area (Å²) in [5, 5.41) is 0. The highest BCUT2D eigenvalue weighted by Crippen LogP contribution is 2.28. The summed E-state index contributed by atoms with van der Waals surface area (Å²) in [4.78, 5) is 12.3. The van der Waals surface area contributed by atoms with E-state index >= 15 is 0 Å². The third-order valence-corrected chi connectivity index (χ3v) is 2.94. The molecule has 0 amide bonds. The van der Waals surface area contributed by atoms with E-state index in [1.807, 2.05) is 26.0 Å². The molecule has 17 heavy (non-hydrogen) atoms. The van der Waals surface area contributed by atoms with Crippen molar-refractivity contribution in [2.75, 3.05) is 5.73 Å². The van der Waals surface area contributed by atoms with Crippen LogP contribution in [-0.4, -0.2) is 5.78 Å². The summed E-state index contributed by atoms with van der Waals surface area (Å²) in [5.74, 6) is 0.346. The third-order valence-electron chi connectivity index (χ3n) is 2.94. The number of Topliss-reactive ketones (excluding diaryl/α,β-unsaturated/α-hetero) is 1. The van der Waals surface area contributed by atoms with Gasteiger partial charge in [0, 0.05) is 5.69 Å². The van der Waals surface area contributed by atoms with Crippen molar-refractivity contribution in [3.8, 4) is 0 Å². The van der Waals surface area contributed by atoms with Gasteiger partial charge in [-0.2, -0.15) is 0 Å². The standard InChI is InChI=1S/C14H15NO2/c1-14(2,10-5-7-11(15)8-6-10)13(16)12-4-3-9-17-12/h3-9H,15H2,1-2H3. The van der Waals surface area contributed by atoms with Crippen LogP contribution in [0.15, 0.2) is 47.1 Å². The van der Waals surface area contributed by atoms with Crippen molar-refractivity contribution < 1.29 is 9.21 Å². The average molecular weight is 229 g/mol. The van der Waals surface area contributed by atoms with Gasteiger partial charge in [0.1, 0.15) is 0 Å². The Labute approximate surface area is 100 Å². The zero-order valence-electron chi connectivity index (χ0n) is 9.94. The summed E-state index contributed by atoms with van der Waals surface area (Å²) >= 11 is 0. The molecule has 0 bridgehead atoms. The Kier molecular flexibility index (Phi) is 2.76. The van der Waals surface area contributed by atoms with Gasteiger partial charge in [-0.25, -0.2) is 0 Å². The van der Waals surface area contributed by atoms with Gasteiger partial charge in [0.25, 0.3) is 0 Å². The van der Waals surface area contributed by atoms with Gasteiger partial charge < -0.3 is 10.2 Å². The highest BCUT2D eigenvalue weighted by Gasteiger charge is 2.32. The fourth-order valence-corrected chi connectivity index (χ4v) is 1.75. The third kappa shape index (κ3) is 2.09. The Morgan fingerprint density at radius 3 is 2.35 bits per heavy atom. The minimum absolute atomic E-state index is 0.0349. The van der Waals surface area contributed by atoms with E-state index in [2.05, 4.69) is 0 Å². The lowest BCUT2D eigenvalue weighted by molar-refractivity contribution is 0.0880. The molecule has 0 atom stereocenters. The summed E-state index contributed by atoms with van der Waals surface area (Å²) in [7, 11) is 0. The topological polar surface area (TPSA) is 56.2 Å². The molecule has 3 nitrogen and oxygen atoms in total. The molecule has 1 heterocycles. The van der Waals surface area contributed by atoms with Crippen LogP contribution in [0.1, 0.15) is 30.0 Å². The van der Waals surface area contributed by atoms with Crippen LogP contribution in [0, 0.1) is 0 Å². The first-order chi connectivity index (χ1) is 8.01. The molecule has 3 heteroatoms. The highest BCUT2D eigenvalue weighted by atomic mass is 16.3. The molecule has 0 saturated carbocycles. The quantitative estimate of drug-likeness (QED) is 0.650. The first-order valence-corrected chi connectivity index (χ1v) is 5.46. The second-order valence-corrected chi connectivity index (χ2v) is 4.55. The molecule has 0 aliphatic rings. The Bertz CT molecular complexity index is 510. The summed E-state index contributed by atoms with van der Waals surface area (Å²) in [6.45, 7) is 3.76. The van der Waals surface area contributed by atoms with Gasteiger partial charge in [0.05, 0.1) is 11.7 Å². The van der Waals surface area contributed by atoms with Crippen molar-refractivity contribution in [3.63, 3.8) is 0 Å². The molecule has 0 unspecified atom stereocenters. The summed E-state index contributed by atoms with van der Waals surface area (Å²) in [5.41, 5.74) is 6.63. The van der Waals surface area contributed by atoms with Crippen molar-refractivity contribution in [1.82, 2.24) is 0 Å². The minimum Gasteiger partial charge on any atom is -0.461 e. The van der Waals surface area contributed by atoms with Gasteiger partial charge in [-0.3, -0.25) is 4.79 Å². The van der Waals surface area contributed by atoms with E-state index in [4.69, 9.17) is 10.2 Å². The molecule has 1 aromatic carbocycles. The van der Waals surface area contributed by atoms with Gasteiger partial charge in [-0.15, -0.1) is 0 Å². The molecular weight excluding hydrogens is 214 g/mol. The number of carbonyl (C=O) groups is 1. The number of nitrogen functional groups attached to an aromatic ring is 1. The summed E-state index contributed by atoms with van der Waals surface area (Å²) in [6, 6.07) is 10.7. The lowest BCUT2D eigenvalue weighted by Gasteiger charge is -2.22. The Balaban J connectivity index is 2.36. The molecule has 0 aliphatic carbocycles. The first kappa shape index (κ1) is 11.5. The van der Waals surface area contributed by atoms with Gasteiger partial charge in [-0.1, -0.05) is 12.1 Å². The fraction of sp³-hybridized carbons (Fsp3) is 0.214. The van der Waals surface area contributed by atoms with Crippen molar-refractivity contribution >= 4 is 11.5 Å². The molecule has 2 N–H and O–H groups in total. The molecule has 0 aliphatic heterocycles. The van der Waals surface area contributed by atoms with Gasteiger partial charge in [0.15, 0.2) is 5.76 Å². The number of hydrogen-bond donors (Lipinski definition) is 1. The molecule has 0 radical (unpaired) electrons. The van der Waals surface area contributed by atoms with Crippen LogP contribution < -0.4 is 5.73 Å². The minimum atomic E-state index is -0.619. The fourth-order valence-electron chi connectivity index (χ4n) is 1.75. The number of rotatable bonds is 3. The van der Waals surface area contributed by atoms with Crippen molar-refractivity contribution in [2.45, 2.75) is 19.3 Å². The lowest BCUT2D eigenvalue weighted by atomic mass is 9.79. The van der Waals surface area contributed by atoms with Gasteiger partial charge in [-0.05, 0) is 43.7 Å². The Morgan fingerprint density at radius 1 is 1.18 bits per heavy atom. The lowest BCUT2D eigenvalue weighted by Crippen LogP contribution is -2.28. The number of anilines is 1. The van der Waals surface area contributed by atoms with Crippen LogP contribution in [0.2, 0.25) is 0 Å². The SMILES string of the molecule is CC(C)(C(=O)c1ccco1)c1ccc(N)cc1. The average Bonchev–Trinajstić information content (AvgIpc) is 2.82. The van der Waals surface area contributed by atoms with Crippen LogP contribution in [0.25, 0.3) is 0 Å². The molecule has 0 spiro atoms. The van der Waals surface area contributed by atoms with Crippen molar-refractivity contribution in [3.05, 3.63) is 54.0 Å². The van der Waals surface area contributed by atoms with Crippen LogP contribution in [-0.2, 0) is 5.41 Å². The maximum atomic E-state index is 12.3. The van der Waals surface area contributed by atoms with Gasteiger partial charge in [0.2, 0.25) is 5.78 Å². The van der Waals surface area contributed by atoms with E-state index in [9.17, 15) is 4.79 Å². The maximum absolute atomic E-state index is 12.3. The number of nitrogens with two attached hydrogens (primary N) is 1. The number of benzene rings is 1. The predicted molar refractivity (Wildman–Crippen MR) is 66.9 cm³/mol. The van der Waals surface area contributed by atoms with E-state index in [1.165, 1.54) is 6.26 Å². The monoisotopic (exact) mass is 229 g/mol. The molecule has 1 aromatic heterocycles. The molecule has 2 rings (SSSR count). The van der Waals surface area contributed by atoms with E-state index in [0.29, 0.717) is 11.4 Å². The summed E-state index contributed by atoms with van der Waals surface area (Å²) < 4.78 is 5.15. The Hall–Kier alpha value is -2.03. The predicted octanol–water partition coefficient (Wildman–Crippen LogP) is 3.02. The van der Waals surface area contributed by atoms with Crippen LogP contribution in [0.5, 0.6) is 0 Å². The van der Waals surface area contributed by atoms with Crippen LogP contribution >= 0.6 is 0 Å². The zero-order chi connectivity index (χ0) is 12.5. The Morgan fingerprint density at radius 2 is 1.82 bits per heavy atom. The van der Waals surface area contributed by atoms with Crippen LogP contribution in [0.3, 0.4) is 0 Å². The normalized spacial score (nSPS) is 11.4. The van der Waals surface area contributed by atoms with E-state index in [-0.39, 0.29) is 5.78 Å². The van der Waals surface area contributed by atoms with Gasteiger partial charge >= 0.3 is 0 Å². The maximum Gasteiger partial charge on any atom is 0.207 e. The molecule has 0 fully saturated rings. The number of carbonyl (C=O) groups excluding carboxylic acids is 1. The highest BCUT2D eigenvalue weighted by molar-refractivity contribution is 6.01. The van der Waals surface area contributed by atoms with Crippen LogP contribution in [0.4, 0.5) is 5.69 Å². The van der Waals surface area contributed by atoms with E-state index in [1.54, 1.807) is 24.3 Å². The number of furan rings is 1. The number of hydrogen-bond acceptors (Lipinski definition) is 3. The molecule has 2 aromatic rings. The van der Waals surface area contributed by atoms with Crippen molar-refractivity contribution in [2.24, 2.45) is 0 Å². The number of ketones is 1. The first-order valence-electron chi connectivity index (χ1n) is 5.46. The molecule has 88 valence electrons. The smallest absolute Gasteiger partial charge is 0.207 e. The molecular formula is C14H15NO2. The second-order valence-electron chi connectivity index (χ2n) is 4.55. The van der Waals surface area contributed by atoms with E-state index < -0.39 is 5.41 Å². The van der Waals surface area contributed by atoms with Crippen molar-refractivity contribution in [1.29, 1.82) is 0 Å². The summed E-state index contributed by atoms with van der Waals surface area (Å²) in [6.07, 6.45) is 1.51. The largest absolute Gasteiger partial charge is 0.461 e. The molecule has 0 saturated heterocycles.